The van der Waals surface area contributed by atoms with Crippen LogP contribution in [0.4, 0.5) is 10.8 Å². The van der Waals surface area contributed by atoms with E-state index in [2.05, 4.69) is 15.6 Å². The van der Waals surface area contributed by atoms with Gasteiger partial charge in [0.2, 0.25) is 5.91 Å². The van der Waals surface area contributed by atoms with Crippen LogP contribution >= 0.6 is 11.3 Å². The molecule has 0 aliphatic carbocycles. The van der Waals surface area contributed by atoms with Gasteiger partial charge in [-0.05, 0) is 43.5 Å². The minimum Gasteiger partial charge on any atom is -0.378 e. The summed E-state index contributed by atoms with van der Waals surface area (Å²) in [7, 11) is 0. The number of ether oxygens (including phenoxy) is 1. The molecule has 24 heavy (non-hydrogen) atoms. The van der Waals surface area contributed by atoms with E-state index in [1.165, 1.54) is 11.3 Å². The minimum absolute atomic E-state index is 0.0366. The summed E-state index contributed by atoms with van der Waals surface area (Å²) in [4.78, 5) is 28.0. The molecule has 0 bridgehead atoms. The van der Waals surface area contributed by atoms with Crippen molar-refractivity contribution >= 4 is 34.0 Å². The molecule has 1 aliphatic heterocycles. The first-order chi connectivity index (χ1) is 11.7. The molecule has 2 aromatic rings. The predicted molar refractivity (Wildman–Crippen MR) is 93.3 cm³/mol. The van der Waals surface area contributed by atoms with E-state index < -0.39 is 0 Å². The molecular formula is C17H19N3O3S. The second kappa shape index (κ2) is 8.03. The first-order valence-corrected chi connectivity index (χ1v) is 8.81. The Labute approximate surface area is 144 Å². The summed E-state index contributed by atoms with van der Waals surface area (Å²) in [5.74, 6) is -0.258. The van der Waals surface area contributed by atoms with Crippen molar-refractivity contribution in [3.8, 4) is 0 Å². The SMILES string of the molecule is O=C(CC[C@@H]1CCCO1)Nc1ccc(C(=O)Nc2nccs2)cc1. The molecule has 1 aromatic carbocycles. The summed E-state index contributed by atoms with van der Waals surface area (Å²) in [6.45, 7) is 0.802. The average molecular weight is 345 g/mol. The Balaban J connectivity index is 1.48. The lowest BCUT2D eigenvalue weighted by Gasteiger charge is -2.09. The van der Waals surface area contributed by atoms with Crippen LogP contribution < -0.4 is 10.6 Å². The van der Waals surface area contributed by atoms with Crippen LogP contribution in [0.25, 0.3) is 0 Å². The summed E-state index contributed by atoms with van der Waals surface area (Å²) in [5, 5.41) is 7.92. The van der Waals surface area contributed by atoms with Gasteiger partial charge in [-0.1, -0.05) is 0 Å². The van der Waals surface area contributed by atoms with Crippen molar-refractivity contribution < 1.29 is 14.3 Å². The summed E-state index contributed by atoms with van der Waals surface area (Å²) in [5.41, 5.74) is 1.20. The van der Waals surface area contributed by atoms with E-state index in [0.717, 1.165) is 25.9 Å². The second-order valence-corrected chi connectivity index (χ2v) is 6.49. The fourth-order valence-corrected chi connectivity index (χ4v) is 3.07. The smallest absolute Gasteiger partial charge is 0.257 e. The van der Waals surface area contributed by atoms with E-state index in [4.69, 9.17) is 4.74 Å². The average Bonchev–Trinajstić information content (AvgIpc) is 3.27. The fraction of sp³-hybridized carbons (Fsp3) is 0.353. The maximum absolute atomic E-state index is 12.0. The number of hydrogen-bond acceptors (Lipinski definition) is 5. The molecule has 1 atom stereocenters. The van der Waals surface area contributed by atoms with E-state index in [0.29, 0.717) is 22.8 Å². The van der Waals surface area contributed by atoms with Gasteiger partial charge in [-0.3, -0.25) is 14.9 Å². The Hall–Kier alpha value is -2.25. The molecule has 2 N–H and O–H groups in total. The zero-order valence-electron chi connectivity index (χ0n) is 13.2. The Morgan fingerprint density at radius 1 is 1.25 bits per heavy atom. The Kier molecular flexibility index (Phi) is 5.55. The first kappa shape index (κ1) is 16.6. The standard InChI is InChI=1S/C17H19N3O3S/c21-15(8-7-14-2-1-10-23-14)19-13-5-3-12(4-6-13)16(22)20-17-18-9-11-24-17/h3-6,9,11,14H,1-2,7-8,10H2,(H,19,21)(H,18,20,22)/t14-/m0/s1. The second-order valence-electron chi connectivity index (χ2n) is 5.59. The van der Waals surface area contributed by atoms with Gasteiger partial charge in [0.05, 0.1) is 6.10 Å². The van der Waals surface area contributed by atoms with E-state index in [-0.39, 0.29) is 17.9 Å². The highest BCUT2D eigenvalue weighted by atomic mass is 32.1. The van der Waals surface area contributed by atoms with Gasteiger partial charge in [0.1, 0.15) is 0 Å². The third-order valence-electron chi connectivity index (χ3n) is 3.80. The highest BCUT2D eigenvalue weighted by molar-refractivity contribution is 7.13. The van der Waals surface area contributed by atoms with E-state index in [9.17, 15) is 9.59 Å². The maximum Gasteiger partial charge on any atom is 0.257 e. The van der Waals surface area contributed by atoms with Crippen LogP contribution in [0.5, 0.6) is 0 Å². The van der Waals surface area contributed by atoms with Crippen molar-refractivity contribution in [3.63, 3.8) is 0 Å². The molecule has 1 saturated heterocycles. The molecular weight excluding hydrogens is 326 g/mol. The van der Waals surface area contributed by atoms with Crippen molar-refractivity contribution in [1.82, 2.24) is 4.98 Å². The Morgan fingerprint density at radius 3 is 2.75 bits per heavy atom. The lowest BCUT2D eigenvalue weighted by molar-refractivity contribution is -0.116. The molecule has 0 spiro atoms. The number of rotatable bonds is 6. The molecule has 1 fully saturated rings. The third kappa shape index (κ3) is 4.62. The zero-order chi connectivity index (χ0) is 16.8. The van der Waals surface area contributed by atoms with Crippen molar-refractivity contribution in [1.29, 1.82) is 0 Å². The number of benzene rings is 1. The summed E-state index contributed by atoms with van der Waals surface area (Å²) < 4.78 is 5.51. The van der Waals surface area contributed by atoms with Gasteiger partial charge in [0.25, 0.3) is 5.91 Å². The first-order valence-electron chi connectivity index (χ1n) is 7.93. The number of carbonyl (C=O) groups is 2. The predicted octanol–water partition coefficient (Wildman–Crippen LogP) is 3.29. The number of thiazole rings is 1. The molecule has 126 valence electrons. The van der Waals surface area contributed by atoms with Gasteiger partial charge >= 0.3 is 0 Å². The molecule has 1 aromatic heterocycles. The van der Waals surface area contributed by atoms with Gasteiger partial charge < -0.3 is 10.1 Å². The van der Waals surface area contributed by atoms with Gasteiger partial charge in [-0.15, -0.1) is 11.3 Å². The van der Waals surface area contributed by atoms with Gasteiger partial charge in [0.15, 0.2) is 5.13 Å². The Morgan fingerprint density at radius 2 is 2.08 bits per heavy atom. The topological polar surface area (TPSA) is 80.3 Å². The molecule has 0 radical (unpaired) electrons. The van der Waals surface area contributed by atoms with E-state index in [1.807, 2.05) is 0 Å². The lowest BCUT2D eigenvalue weighted by Crippen LogP contribution is -2.15. The van der Waals surface area contributed by atoms with Gasteiger partial charge in [-0.2, -0.15) is 0 Å². The number of aromatic nitrogens is 1. The summed E-state index contributed by atoms with van der Waals surface area (Å²) in [6, 6.07) is 6.80. The molecule has 0 saturated carbocycles. The van der Waals surface area contributed by atoms with Crippen LogP contribution in [0.3, 0.4) is 0 Å². The van der Waals surface area contributed by atoms with Crippen LogP contribution in [0.15, 0.2) is 35.8 Å². The zero-order valence-corrected chi connectivity index (χ0v) is 14.0. The quantitative estimate of drug-likeness (QED) is 0.842. The van der Waals surface area contributed by atoms with Crippen LogP contribution in [-0.2, 0) is 9.53 Å². The van der Waals surface area contributed by atoms with Crippen LogP contribution in [0, 0.1) is 0 Å². The minimum atomic E-state index is -0.221. The van der Waals surface area contributed by atoms with E-state index in [1.54, 1.807) is 35.8 Å². The molecule has 2 amide bonds. The van der Waals surface area contributed by atoms with Crippen molar-refractivity contribution in [2.75, 3.05) is 17.2 Å². The number of nitrogens with one attached hydrogen (secondary N) is 2. The number of anilines is 2. The third-order valence-corrected chi connectivity index (χ3v) is 4.49. The Bertz CT molecular complexity index is 680. The molecule has 7 heteroatoms. The van der Waals surface area contributed by atoms with Crippen molar-refractivity contribution in [2.24, 2.45) is 0 Å². The summed E-state index contributed by atoms with van der Waals surface area (Å²) in [6.07, 6.45) is 5.16. The van der Waals surface area contributed by atoms with Crippen LogP contribution in [-0.4, -0.2) is 29.5 Å². The molecule has 2 heterocycles. The van der Waals surface area contributed by atoms with Gasteiger partial charge in [-0.25, -0.2) is 4.98 Å². The molecule has 0 unspecified atom stereocenters. The maximum atomic E-state index is 12.0. The number of hydrogen-bond donors (Lipinski definition) is 2. The molecule has 1 aliphatic rings. The van der Waals surface area contributed by atoms with E-state index >= 15 is 0 Å². The normalized spacial score (nSPS) is 16.8. The number of nitrogens with zero attached hydrogens (tertiary/aromatic N) is 1. The number of amides is 2. The van der Waals surface area contributed by atoms with Gasteiger partial charge in [0, 0.05) is 35.9 Å². The fourth-order valence-electron chi connectivity index (χ4n) is 2.55. The molecule has 3 rings (SSSR count). The lowest BCUT2D eigenvalue weighted by atomic mass is 10.1. The number of carbonyl (C=O) groups excluding carboxylic acids is 2. The van der Waals surface area contributed by atoms with Crippen LogP contribution in [0.1, 0.15) is 36.0 Å². The largest absolute Gasteiger partial charge is 0.378 e. The van der Waals surface area contributed by atoms with Crippen LogP contribution in [0.2, 0.25) is 0 Å². The highest BCUT2D eigenvalue weighted by Gasteiger charge is 2.16. The summed E-state index contributed by atoms with van der Waals surface area (Å²) >= 11 is 1.36. The molecule has 6 nitrogen and oxygen atoms in total. The monoisotopic (exact) mass is 345 g/mol. The highest BCUT2D eigenvalue weighted by Crippen LogP contribution is 2.18. The van der Waals surface area contributed by atoms with Crippen molar-refractivity contribution in [3.05, 3.63) is 41.4 Å². The van der Waals surface area contributed by atoms with Crippen molar-refractivity contribution in [2.45, 2.75) is 31.8 Å².